The number of rotatable bonds is 6. The van der Waals surface area contributed by atoms with Crippen LogP contribution in [0.1, 0.15) is 10.4 Å². The number of para-hydroxylation sites is 1. The number of oxazole rings is 1. The van der Waals surface area contributed by atoms with Crippen molar-refractivity contribution in [3.8, 4) is 34.4 Å². The molecule has 0 spiro atoms. The lowest BCUT2D eigenvalue weighted by Crippen LogP contribution is -2.11. The Balaban J connectivity index is 1.80. The molecule has 0 bridgehead atoms. The highest BCUT2D eigenvalue weighted by Crippen LogP contribution is 2.37. The number of nitrogens with zero attached hydrogens (tertiary/aromatic N) is 1. The van der Waals surface area contributed by atoms with Crippen molar-refractivity contribution in [2.45, 2.75) is 4.90 Å². The van der Waals surface area contributed by atoms with Crippen LogP contribution in [0, 0.1) is 0 Å². The van der Waals surface area contributed by atoms with Gasteiger partial charge in [0.15, 0.2) is 5.76 Å². The van der Waals surface area contributed by atoms with Gasteiger partial charge in [-0.2, -0.15) is 4.98 Å². The molecule has 31 heavy (non-hydrogen) atoms. The van der Waals surface area contributed by atoms with Gasteiger partial charge in [0.1, 0.15) is 17.0 Å². The quantitative estimate of drug-likeness (QED) is 0.464. The van der Waals surface area contributed by atoms with E-state index in [9.17, 15) is 18.3 Å². The molecule has 156 valence electrons. The van der Waals surface area contributed by atoms with Crippen molar-refractivity contribution in [1.29, 1.82) is 0 Å². The van der Waals surface area contributed by atoms with Crippen molar-refractivity contribution in [3.05, 3.63) is 84.4 Å². The predicted molar refractivity (Wildman–Crippen MR) is 112 cm³/mol. The number of hydrogen-bond acceptors (Lipinski definition) is 6. The SMILES string of the molecule is NS(=O)(=O)c1ccc(-c2oc(Oc3ccccc3C(=O)O)nc2-c2ccccc2)cc1. The second kappa shape index (κ2) is 8.05. The van der Waals surface area contributed by atoms with Gasteiger partial charge in [-0.15, -0.1) is 0 Å². The molecule has 0 saturated carbocycles. The minimum absolute atomic E-state index is 0.0381. The van der Waals surface area contributed by atoms with E-state index in [1.54, 1.807) is 24.3 Å². The van der Waals surface area contributed by atoms with Crippen LogP contribution in [0.15, 0.2) is 88.2 Å². The van der Waals surface area contributed by atoms with E-state index >= 15 is 0 Å². The number of primary sulfonamides is 1. The van der Waals surface area contributed by atoms with Gasteiger partial charge in [-0.3, -0.25) is 0 Å². The van der Waals surface area contributed by atoms with E-state index in [1.165, 1.54) is 24.3 Å². The summed E-state index contributed by atoms with van der Waals surface area (Å²) in [5.41, 5.74) is 1.69. The normalized spacial score (nSPS) is 11.3. The second-order valence-electron chi connectivity index (χ2n) is 6.50. The largest absolute Gasteiger partial charge is 0.478 e. The summed E-state index contributed by atoms with van der Waals surface area (Å²) in [6.07, 6.45) is -0.155. The molecule has 4 aromatic rings. The number of aromatic nitrogens is 1. The van der Waals surface area contributed by atoms with E-state index in [0.29, 0.717) is 17.0 Å². The Hall–Kier alpha value is -3.95. The molecule has 0 fully saturated rings. The summed E-state index contributed by atoms with van der Waals surface area (Å²) < 4.78 is 34.5. The molecule has 0 saturated heterocycles. The zero-order valence-electron chi connectivity index (χ0n) is 15.9. The summed E-state index contributed by atoms with van der Waals surface area (Å²) in [6.45, 7) is 0. The molecule has 0 aliphatic rings. The van der Waals surface area contributed by atoms with Crippen molar-refractivity contribution in [1.82, 2.24) is 4.98 Å². The van der Waals surface area contributed by atoms with Gasteiger partial charge in [-0.1, -0.05) is 42.5 Å². The molecule has 0 radical (unpaired) electrons. The zero-order chi connectivity index (χ0) is 22.0. The van der Waals surface area contributed by atoms with Crippen molar-refractivity contribution in [2.24, 2.45) is 5.14 Å². The topological polar surface area (TPSA) is 133 Å². The molecule has 1 aromatic heterocycles. The highest BCUT2D eigenvalue weighted by atomic mass is 32.2. The van der Waals surface area contributed by atoms with E-state index in [0.717, 1.165) is 5.56 Å². The number of aromatic carboxylic acids is 1. The fourth-order valence-corrected chi connectivity index (χ4v) is 3.47. The van der Waals surface area contributed by atoms with Crippen LogP contribution in [0.25, 0.3) is 22.6 Å². The number of carboxylic acid groups (broad SMARTS) is 1. The van der Waals surface area contributed by atoms with Gasteiger partial charge in [0.25, 0.3) is 0 Å². The second-order valence-corrected chi connectivity index (χ2v) is 8.06. The average molecular weight is 436 g/mol. The van der Waals surface area contributed by atoms with Crippen LogP contribution in [-0.4, -0.2) is 24.5 Å². The first-order chi connectivity index (χ1) is 14.8. The van der Waals surface area contributed by atoms with Crippen LogP contribution in [0.2, 0.25) is 0 Å². The van der Waals surface area contributed by atoms with Crippen LogP contribution in [-0.2, 0) is 10.0 Å². The Morgan fingerprint density at radius 2 is 1.55 bits per heavy atom. The molecule has 3 N–H and O–H groups in total. The molecule has 8 nitrogen and oxygen atoms in total. The standard InChI is InChI=1S/C22H16N2O6S/c23-31(27,28)16-12-10-15(11-13-16)20-19(14-6-2-1-3-7-14)24-22(30-20)29-18-9-5-4-8-17(18)21(25)26/h1-13H,(H,25,26)(H2,23,27,28). The first-order valence-electron chi connectivity index (χ1n) is 9.02. The number of hydrogen-bond donors (Lipinski definition) is 2. The van der Waals surface area contributed by atoms with Crippen LogP contribution < -0.4 is 9.88 Å². The Kier molecular flexibility index (Phi) is 5.28. The molecule has 0 aliphatic heterocycles. The third-order valence-corrected chi connectivity index (χ3v) is 5.34. The monoisotopic (exact) mass is 436 g/mol. The fraction of sp³-hybridized carbons (Fsp3) is 0. The first-order valence-corrected chi connectivity index (χ1v) is 10.6. The van der Waals surface area contributed by atoms with Crippen molar-refractivity contribution in [3.63, 3.8) is 0 Å². The third-order valence-electron chi connectivity index (χ3n) is 4.41. The Bertz CT molecular complexity index is 1350. The number of carbonyl (C=O) groups is 1. The van der Waals surface area contributed by atoms with E-state index in [-0.39, 0.29) is 22.3 Å². The molecule has 4 rings (SSSR count). The van der Waals surface area contributed by atoms with Crippen LogP contribution in [0.4, 0.5) is 0 Å². The van der Waals surface area contributed by atoms with Gasteiger partial charge < -0.3 is 14.3 Å². The van der Waals surface area contributed by atoms with E-state index in [1.807, 2.05) is 30.3 Å². The van der Waals surface area contributed by atoms with Crippen LogP contribution in [0.3, 0.4) is 0 Å². The minimum atomic E-state index is -3.84. The number of benzene rings is 3. The lowest BCUT2D eigenvalue weighted by Gasteiger charge is -2.04. The van der Waals surface area contributed by atoms with Crippen LogP contribution >= 0.6 is 0 Å². The lowest BCUT2D eigenvalue weighted by atomic mass is 10.1. The Labute approximate surface area is 177 Å². The Morgan fingerprint density at radius 3 is 2.19 bits per heavy atom. The molecule has 0 unspecified atom stereocenters. The summed E-state index contributed by atoms with van der Waals surface area (Å²) in [6, 6.07) is 21.1. The molecule has 0 amide bonds. The maximum atomic E-state index is 11.5. The zero-order valence-corrected chi connectivity index (χ0v) is 16.7. The molecular weight excluding hydrogens is 420 g/mol. The maximum Gasteiger partial charge on any atom is 0.400 e. The minimum Gasteiger partial charge on any atom is -0.478 e. The van der Waals surface area contributed by atoms with E-state index in [4.69, 9.17) is 14.3 Å². The third kappa shape index (κ3) is 4.32. The summed E-state index contributed by atoms with van der Waals surface area (Å²) in [4.78, 5) is 15.8. The Morgan fingerprint density at radius 1 is 0.903 bits per heavy atom. The van der Waals surface area contributed by atoms with Crippen molar-refractivity contribution < 1.29 is 27.5 Å². The van der Waals surface area contributed by atoms with Gasteiger partial charge >= 0.3 is 12.0 Å². The fourth-order valence-electron chi connectivity index (χ4n) is 2.95. The number of sulfonamides is 1. The lowest BCUT2D eigenvalue weighted by molar-refractivity contribution is 0.0693. The molecular formula is C22H16N2O6S. The van der Waals surface area contributed by atoms with E-state index < -0.39 is 16.0 Å². The number of carboxylic acids is 1. The maximum absolute atomic E-state index is 11.5. The highest BCUT2D eigenvalue weighted by molar-refractivity contribution is 7.89. The summed E-state index contributed by atoms with van der Waals surface area (Å²) in [5.74, 6) is -0.744. The van der Waals surface area contributed by atoms with Gasteiger partial charge in [-0.25, -0.2) is 18.4 Å². The smallest absolute Gasteiger partial charge is 0.400 e. The molecule has 0 atom stereocenters. The molecule has 3 aromatic carbocycles. The number of ether oxygens (including phenoxy) is 1. The molecule has 1 heterocycles. The van der Waals surface area contributed by atoms with E-state index in [2.05, 4.69) is 4.98 Å². The van der Waals surface area contributed by atoms with Gasteiger partial charge in [0, 0.05) is 11.1 Å². The number of nitrogens with two attached hydrogens (primary N) is 1. The van der Waals surface area contributed by atoms with Crippen molar-refractivity contribution >= 4 is 16.0 Å². The average Bonchev–Trinajstić information content (AvgIpc) is 3.18. The summed E-state index contributed by atoms with van der Waals surface area (Å²) >= 11 is 0. The van der Waals surface area contributed by atoms with Gasteiger partial charge in [-0.05, 0) is 36.4 Å². The van der Waals surface area contributed by atoms with Crippen LogP contribution in [0.5, 0.6) is 11.8 Å². The van der Waals surface area contributed by atoms with Gasteiger partial charge in [0.05, 0.1) is 4.90 Å². The highest BCUT2D eigenvalue weighted by Gasteiger charge is 2.21. The molecule has 9 heteroatoms. The summed E-state index contributed by atoms with van der Waals surface area (Å²) in [5, 5.41) is 14.5. The van der Waals surface area contributed by atoms with Gasteiger partial charge in [0.2, 0.25) is 10.0 Å². The summed E-state index contributed by atoms with van der Waals surface area (Å²) in [7, 11) is -3.84. The molecule has 0 aliphatic carbocycles. The van der Waals surface area contributed by atoms with Crippen molar-refractivity contribution in [2.75, 3.05) is 0 Å². The first kappa shape index (κ1) is 20.3. The predicted octanol–water partition coefficient (Wildman–Crippen LogP) is 4.15.